The lowest BCUT2D eigenvalue weighted by atomic mass is 10.1. The van der Waals surface area contributed by atoms with Gasteiger partial charge in [-0.15, -0.1) is 0 Å². The molecule has 0 amide bonds. The van der Waals surface area contributed by atoms with Crippen molar-refractivity contribution >= 4 is 5.78 Å². The van der Waals surface area contributed by atoms with Crippen LogP contribution in [0.4, 0.5) is 0 Å². The summed E-state index contributed by atoms with van der Waals surface area (Å²) in [5, 5.41) is 0. The molecule has 5 heteroatoms. The summed E-state index contributed by atoms with van der Waals surface area (Å²) in [5.41, 5.74) is 0.604. The van der Waals surface area contributed by atoms with Crippen molar-refractivity contribution in [3.8, 4) is 11.5 Å². The maximum absolute atomic E-state index is 11.3. The van der Waals surface area contributed by atoms with Gasteiger partial charge in [0.2, 0.25) is 5.78 Å². The second-order valence-electron chi connectivity index (χ2n) is 3.58. The van der Waals surface area contributed by atoms with Crippen LogP contribution in [0.3, 0.4) is 0 Å². The number of methoxy groups -OCH3 is 2. The van der Waals surface area contributed by atoms with Gasteiger partial charge in [-0.3, -0.25) is 4.79 Å². The zero-order chi connectivity index (χ0) is 12.3. The van der Waals surface area contributed by atoms with E-state index in [0.717, 1.165) is 0 Å². The van der Waals surface area contributed by atoms with Crippen LogP contribution in [0, 0.1) is 0 Å². The number of fused-ring (bicyclic) bond motifs is 1. The monoisotopic (exact) mass is 238 g/mol. The second-order valence-corrected chi connectivity index (χ2v) is 3.58. The molecule has 0 bridgehead atoms. The molecule has 1 heterocycles. The lowest BCUT2D eigenvalue weighted by Crippen LogP contribution is -2.21. The van der Waals surface area contributed by atoms with Crippen molar-refractivity contribution in [1.29, 1.82) is 0 Å². The Kier molecular flexibility index (Phi) is 3.61. The zero-order valence-electron chi connectivity index (χ0n) is 9.76. The van der Waals surface area contributed by atoms with E-state index in [1.54, 1.807) is 32.4 Å². The number of rotatable bonds is 5. The Morgan fingerprint density at radius 1 is 1.35 bits per heavy atom. The van der Waals surface area contributed by atoms with E-state index in [1.165, 1.54) is 0 Å². The molecular formula is C12H14O5. The molecule has 0 saturated heterocycles. The minimum absolute atomic E-state index is 0.00166. The van der Waals surface area contributed by atoms with E-state index in [0.29, 0.717) is 17.1 Å². The molecule has 0 radical (unpaired) electrons. The molecule has 1 aliphatic heterocycles. The molecule has 0 N–H and O–H groups in total. The second kappa shape index (κ2) is 5.16. The third kappa shape index (κ3) is 2.57. The summed E-state index contributed by atoms with van der Waals surface area (Å²) >= 11 is 0. The van der Waals surface area contributed by atoms with Crippen molar-refractivity contribution in [3.05, 3.63) is 23.8 Å². The van der Waals surface area contributed by atoms with Crippen LogP contribution < -0.4 is 9.47 Å². The van der Waals surface area contributed by atoms with Gasteiger partial charge in [0, 0.05) is 20.3 Å². The van der Waals surface area contributed by atoms with Crippen LogP contribution >= 0.6 is 0 Å². The number of benzene rings is 1. The molecular weight excluding hydrogens is 224 g/mol. The van der Waals surface area contributed by atoms with Crippen LogP contribution in [0.5, 0.6) is 11.5 Å². The van der Waals surface area contributed by atoms with Crippen LogP contribution in [0.1, 0.15) is 10.4 Å². The third-order valence-electron chi connectivity index (χ3n) is 2.52. The predicted octanol–water partition coefficient (Wildman–Crippen LogP) is 1.26. The summed E-state index contributed by atoms with van der Waals surface area (Å²) in [6.45, 7) is 0.386. The first kappa shape index (κ1) is 11.9. The van der Waals surface area contributed by atoms with Crippen molar-refractivity contribution in [2.75, 3.05) is 27.4 Å². The summed E-state index contributed by atoms with van der Waals surface area (Å²) in [7, 11) is 3.09. The van der Waals surface area contributed by atoms with Crippen molar-refractivity contribution in [3.63, 3.8) is 0 Å². The van der Waals surface area contributed by atoms with Gasteiger partial charge in [0.05, 0.1) is 5.56 Å². The molecule has 0 aromatic heterocycles. The first-order chi connectivity index (χ1) is 8.24. The Morgan fingerprint density at radius 2 is 2.12 bits per heavy atom. The highest BCUT2D eigenvalue weighted by Crippen LogP contribution is 2.29. The Labute approximate surface area is 99.2 Å². The molecule has 0 saturated carbocycles. The number of carbonyl (C=O) groups is 1. The number of carbonyl (C=O) groups excluding carboxylic acids is 1. The van der Waals surface area contributed by atoms with Gasteiger partial charge in [-0.05, 0) is 12.1 Å². The molecule has 1 aromatic rings. The van der Waals surface area contributed by atoms with Crippen LogP contribution in [0.25, 0.3) is 0 Å². The molecule has 0 unspecified atom stereocenters. The normalized spacial score (nSPS) is 13.7. The lowest BCUT2D eigenvalue weighted by Gasteiger charge is -2.14. The maximum Gasteiger partial charge on any atom is 0.203 e. The molecule has 0 atom stereocenters. The van der Waals surface area contributed by atoms with E-state index in [2.05, 4.69) is 0 Å². The van der Waals surface area contributed by atoms with Crippen molar-refractivity contribution in [1.82, 2.24) is 0 Å². The van der Waals surface area contributed by atoms with Gasteiger partial charge in [-0.2, -0.15) is 0 Å². The van der Waals surface area contributed by atoms with E-state index in [9.17, 15) is 4.79 Å². The molecule has 5 nitrogen and oxygen atoms in total. The van der Waals surface area contributed by atoms with Crippen molar-refractivity contribution in [2.45, 2.75) is 6.29 Å². The van der Waals surface area contributed by atoms with Gasteiger partial charge in [0.1, 0.15) is 18.1 Å². The maximum atomic E-state index is 11.3. The molecule has 1 aromatic carbocycles. The predicted molar refractivity (Wildman–Crippen MR) is 59.6 cm³/mol. The Balaban J connectivity index is 2.01. The SMILES string of the molecule is COC(COc1ccc2c(c1)OCC2=O)OC. The first-order valence-electron chi connectivity index (χ1n) is 5.23. The fourth-order valence-electron chi connectivity index (χ4n) is 1.56. The topological polar surface area (TPSA) is 54.0 Å². The summed E-state index contributed by atoms with van der Waals surface area (Å²) in [6.07, 6.45) is -0.411. The summed E-state index contributed by atoms with van der Waals surface area (Å²) in [5.74, 6) is 1.19. The quantitative estimate of drug-likeness (QED) is 0.723. The van der Waals surface area contributed by atoms with Gasteiger partial charge >= 0.3 is 0 Å². The molecule has 17 heavy (non-hydrogen) atoms. The number of ether oxygens (including phenoxy) is 4. The van der Waals surface area contributed by atoms with E-state index in [4.69, 9.17) is 18.9 Å². The van der Waals surface area contributed by atoms with Gasteiger partial charge in [0.25, 0.3) is 0 Å². The van der Waals surface area contributed by atoms with Gasteiger partial charge in [0.15, 0.2) is 12.9 Å². The largest absolute Gasteiger partial charge is 0.488 e. The van der Waals surface area contributed by atoms with Crippen LogP contribution in [0.2, 0.25) is 0 Å². The lowest BCUT2D eigenvalue weighted by molar-refractivity contribution is -0.121. The van der Waals surface area contributed by atoms with Crippen LogP contribution in [-0.2, 0) is 9.47 Å². The molecule has 2 rings (SSSR count). The highest BCUT2D eigenvalue weighted by molar-refractivity contribution is 6.02. The minimum Gasteiger partial charge on any atom is -0.488 e. The van der Waals surface area contributed by atoms with Crippen LogP contribution in [0.15, 0.2) is 18.2 Å². The minimum atomic E-state index is -0.411. The van der Waals surface area contributed by atoms with Gasteiger partial charge < -0.3 is 18.9 Å². The first-order valence-corrected chi connectivity index (χ1v) is 5.23. The molecule has 0 spiro atoms. The molecule has 92 valence electrons. The molecule has 0 aliphatic carbocycles. The number of Topliss-reactive ketones (excluding diaryl/α,β-unsaturated/α-hetero) is 1. The zero-order valence-corrected chi connectivity index (χ0v) is 9.76. The smallest absolute Gasteiger partial charge is 0.203 e. The van der Waals surface area contributed by atoms with E-state index >= 15 is 0 Å². The Bertz CT molecular complexity index is 411. The molecule has 1 aliphatic rings. The highest BCUT2D eigenvalue weighted by Gasteiger charge is 2.21. The number of hydrogen-bond donors (Lipinski definition) is 0. The standard InChI is InChI=1S/C12H14O5/c1-14-12(15-2)7-16-8-3-4-9-10(13)6-17-11(9)5-8/h3-5,12H,6-7H2,1-2H3. The summed E-state index contributed by atoms with van der Waals surface area (Å²) in [6, 6.07) is 5.13. The highest BCUT2D eigenvalue weighted by atomic mass is 16.7. The Morgan fingerprint density at radius 3 is 2.82 bits per heavy atom. The number of ketones is 1. The van der Waals surface area contributed by atoms with E-state index in [1.807, 2.05) is 0 Å². The number of hydrogen-bond acceptors (Lipinski definition) is 5. The van der Waals surface area contributed by atoms with Crippen molar-refractivity contribution < 1.29 is 23.7 Å². The summed E-state index contributed by atoms with van der Waals surface area (Å²) < 4.78 is 20.7. The molecule has 0 fully saturated rings. The third-order valence-corrected chi connectivity index (χ3v) is 2.52. The van der Waals surface area contributed by atoms with Crippen molar-refractivity contribution in [2.24, 2.45) is 0 Å². The van der Waals surface area contributed by atoms with Gasteiger partial charge in [-0.25, -0.2) is 0 Å². The summed E-state index contributed by atoms with van der Waals surface area (Å²) in [4.78, 5) is 11.3. The fraction of sp³-hybridized carbons (Fsp3) is 0.417. The average Bonchev–Trinajstić information content (AvgIpc) is 2.72. The van der Waals surface area contributed by atoms with Gasteiger partial charge in [-0.1, -0.05) is 0 Å². The van der Waals surface area contributed by atoms with E-state index < -0.39 is 6.29 Å². The average molecular weight is 238 g/mol. The van der Waals surface area contributed by atoms with Crippen LogP contribution in [-0.4, -0.2) is 39.5 Å². The fourth-order valence-corrected chi connectivity index (χ4v) is 1.56. The Hall–Kier alpha value is -1.59. The van der Waals surface area contributed by atoms with E-state index in [-0.39, 0.29) is 19.0 Å².